The topological polar surface area (TPSA) is 53.9 Å². The van der Waals surface area contributed by atoms with Gasteiger partial charge in [-0.1, -0.05) is 17.7 Å². The molecule has 2 aromatic heterocycles. The van der Waals surface area contributed by atoms with Crippen LogP contribution in [0.5, 0.6) is 0 Å². The van der Waals surface area contributed by atoms with Crippen molar-refractivity contribution in [3.63, 3.8) is 0 Å². The van der Waals surface area contributed by atoms with E-state index in [-0.39, 0.29) is 5.43 Å². The van der Waals surface area contributed by atoms with Gasteiger partial charge in [0.25, 0.3) is 0 Å². The Bertz CT molecular complexity index is 942. The zero-order chi connectivity index (χ0) is 16.7. The Balaban J connectivity index is 1.63. The maximum absolute atomic E-state index is 12.4. The molecule has 1 N–H and O–H groups in total. The lowest BCUT2D eigenvalue weighted by Crippen LogP contribution is -2.26. The van der Waals surface area contributed by atoms with Crippen molar-refractivity contribution in [2.24, 2.45) is 7.05 Å². The predicted octanol–water partition coefficient (Wildman–Crippen LogP) is 3.08. The van der Waals surface area contributed by atoms with Gasteiger partial charge in [0.2, 0.25) is 0 Å². The summed E-state index contributed by atoms with van der Waals surface area (Å²) < 4.78 is 1.82. The Morgan fingerprint density at radius 3 is 2.92 bits per heavy atom. The predicted molar refractivity (Wildman–Crippen MR) is 95.1 cm³/mol. The monoisotopic (exact) mass is 342 g/mol. The Morgan fingerprint density at radius 2 is 2.21 bits per heavy atom. The van der Waals surface area contributed by atoms with Crippen molar-refractivity contribution >= 4 is 22.5 Å². The molecule has 1 aliphatic rings. The maximum Gasteiger partial charge on any atom is 0.189 e. The molecule has 1 aliphatic carbocycles. The SMILES string of the molecule is Cn1cc(CN(Cc2cc(=O)c3cccc(Cl)c3[nH]2)C2CC2)cn1. The van der Waals surface area contributed by atoms with E-state index in [0.29, 0.717) is 23.0 Å². The first-order valence-electron chi connectivity index (χ1n) is 8.12. The average molecular weight is 343 g/mol. The van der Waals surface area contributed by atoms with Crippen LogP contribution in [-0.2, 0) is 20.1 Å². The van der Waals surface area contributed by atoms with E-state index >= 15 is 0 Å². The first-order chi connectivity index (χ1) is 11.6. The molecule has 0 radical (unpaired) electrons. The molecule has 3 aromatic rings. The summed E-state index contributed by atoms with van der Waals surface area (Å²) in [5.74, 6) is 0. The van der Waals surface area contributed by atoms with Gasteiger partial charge in [0, 0.05) is 55.1 Å². The van der Waals surface area contributed by atoms with Gasteiger partial charge < -0.3 is 4.98 Å². The number of aryl methyl sites for hydroxylation is 1. The molecule has 0 unspecified atom stereocenters. The minimum absolute atomic E-state index is 0.0124. The highest BCUT2D eigenvalue weighted by Crippen LogP contribution is 2.30. The summed E-state index contributed by atoms with van der Waals surface area (Å²) in [5.41, 5.74) is 2.82. The quantitative estimate of drug-likeness (QED) is 0.775. The third-order valence-corrected chi connectivity index (χ3v) is 4.77. The van der Waals surface area contributed by atoms with Crippen molar-refractivity contribution in [1.29, 1.82) is 0 Å². The summed E-state index contributed by atoms with van der Waals surface area (Å²) in [5, 5.41) is 5.45. The van der Waals surface area contributed by atoms with Crippen LogP contribution < -0.4 is 5.43 Å². The number of benzene rings is 1. The molecule has 2 heterocycles. The Labute approximate surface area is 144 Å². The van der Waals surface area contributed by atoms with Crippen LogP contribution in [0, 0.1) is 0 Å². The molecule has 24 heavy (non-hydrogen) atoms. The first kappa shape index (κ1) is 15.4. The number of fused-ring (bicyclic) bond motifs is 1. The van der Waals surface area contributed by atoms with Crippen LogP contribution in [0.2, 0.25) is 5.02 Å². The lowest BCUT2D eigenvalue weighted by atomic mass is 10.2. The van der Waals surface area contributed by atoms with Crippen molar-refractivity contribution in [3.8, 4) is 0 Å². The van der Waals surface area contributed by atoms with Crippen molar-refractivity contribution in [2.45, 2.75) is 32.0 Å². The molecule has 1 aromatic carbocycles. The lowest BCUT2D eigenvalue weighted by Gasteiger charge is -2.21. The van der Waals surface area contributed by atoms with E-state index in [0.717, 1.165) is 17.8 Å². The number of aromatic amines is 1. The second kappa shape index (κ2) is 6.07. The molecule has 6 heteroatoms. The largest absolute Gasteiger partial charge is 0.356 e. The zero-order valence-electron chi connectivity index (χ0n) is 13.5. The molecule has 0 atom stereocenters. The first-order valence-corrected chi connectivity index (χ1v) is 8.50. The van der Waals surface area contributed by atoms with Crippen LogP contribution in [0.25, 0.3) is 10.9 Å². The lowest BCUT2D eigenvalue weighted by molar-refractivity contribution is 0.243. The number of aromatic nitrogens is 3. The molecule has 1 saturated carbocycles. The minimum atomic E-state index is 0.0124. The number of H-pyrrole nitrogens is 1. The molecule has 0 saturated heterocycles. The van der Waals surface area contributed by atoms with Gasteiger partial charge >= 0.3 is 0 Å². The fourth-order valence-corrected chi connectivity index (χ4v) is 3.36. The molecule has 124 valence electrons. The zero-order valence-corrected chi connectivity index (χ0v) is 14.3. The van der Waals surface area contributed by atoms with Crippen molar-refractivity contribution < 1.29 is 0 Å². The van der Waals surface area contributed by atoms with Crippen molar-refractivity contribution in [2.75, 3.05) is 0 Å². The highest BCUT2D eigenvalue weighted by Gasteiger charge is 2.29. The van der Waals surface area contributed by atoms with Gasteiger partial charge in [-0.2, -0.15) is 5.10 Å². The summed E-state index contributed by atoms with van der Waals surface area (Å²) in [4.78, 5) is 18.1. The van der Waals surface area contributed by atoms with E-state index in [1.165, 1.54) is 18.4 Å². The molecule has 0 spiro atoms. The second-order valence-corrected chi connectivity index (χ2v) is 6.89. The van der Waals surface area contributed by atoms with E-state index in [9.17, 15) is 4.79 Å². The summed E-state index contributed by atoms with van der Waals surface area (Å²) in [6, 6.07) is 7.68. The van der Waals surface area contributed by atoms with Gasteiger partial charge in [0.1, 0.15) is 0 Å². The van der Waals surface area contributed by atoms with Gasteiger partial charge in [-0.25, -0.2) is 0 Å². The molecular weight excluding hydrogens is 324 g/mol. The van der Waals surface area contributed by atoms with Crippen LogP contribution >= 0.6 is 11.6 Å². The third-order valence-electron chi connectivity index (χ3n) is 4.45. The number of rotatable bonds is 5. The van der Waals surface area contributed by atoms with E-state index in [4.69, 9.17) is 11.6 Å². The number of hydrogen-bond donors (Lipinski definition) is 1. The van der Waals surface area contributed by atoms with Crippen LogP contribution in [0.1, 0.15) is 24.1 Å². The fourth-order valence-electron chi connectivity index (χ4n) is 3.13. The molecule has 0 bridgehead atoms. The minimum Gasteiger partial charge on any atom is -0.356 e. The fraction of sp³-hybridized carbons (Fsp3) is 0.333. The Kier molecular flexibility index (Phi) is 3.90. The van der Waals surface area contributed by atoms with E-state index < -0.39 is 0 Å². The Hall–Kier alpha value is -2.11. The van der Waals surface area contributed by atoms with Crippen LogP contribution in [0.15, 0.2) is 41.5 Å². The van der Waals surface area contributed by atoms with Gasteiger partial charge in [-0.15, -0.1) is 0 Å². The number of pyridine rings is 1. The number of halogens is 1. The van der Waals surface area contributed by atoms with E-state index in [1.807, 2.05) is 24.1 Å². The van der Waals surface area contributed by atoms with Crippen LogP contribution in [0.3, 0.4) is 0 Å². The van der Waals surface area contributed by atoms with Gasteiger partial charge in [0.15, 0.2) is 5.43 Å². The van der Waals surface area contributed by atoms with Crippen molar-refractivity contribution in [1.82, 2.24) is 19.7 Å². The molecular formula is C18H19ClN4O. The summed E-state index contributed by atoms with van der Waals surface area (Å²) in [6.45, 7) is 1.54. The number of nitrogens with zero attached hydrogens (tertiary/aromatic N) is 3. The molecule has 4 rings (SSSR count). The number of hydrogen-bond acceptors (Lipinski definition) is 3. The smallest absolute Gasteiger partial charge is 0.189 e. The second-order valence-electron chi connectivity index (χ2n) is 6.48. The highest BCUT2D eigenvalue weighted by molar-refractivity contribution is 6.35. The van der Waals surface area contributed by atoms with E-state index in [1.54, 1.807) is 24.3 Å². The van der Waals surface area contributed by atoms with Gasteiger partial charge in [-0.3, -0.25) is 14.4 Å². The van der Waals surface area contributed by atoms with Gasteiger partial charge in [0.05, 0.1) is 16.7 Å². The summed E-state index contributed by atoms with van der Waals surface area (Å²) in [7, 11) is 1.92. The van der Waals surface area contributed by atoms with Crippen LogP contribution in [0.4, 0.5) is 0 Å². The van der Waals surface area contributed by atoms with Crippen LogP contribution in [-0.4, -0.2) is 25.7 Å². The average Bonchev–Trinajstić information content (AvgIpc) is 3.31. The Morgan fingerprint density at radius 1 is 1.38 bits per heavy atom. The molecule has 1 fully saturated rings. The maximum atomic E-state index is 12.4. The van der Waals surface area contributed by atoms with Crippen molar-refractivity contribution in [3.05, 3.63) is 63.2 Å². The highest BCUT2D eigenvalue weighted by atomic mass is 35.5. The number of nitrogens with one attached hydrogen (secondary N) is 1. The summed E-state index contributed by atoms with van der Waals surface area (Å²) in [6.07, 6.45) is 6.35. The summed E-state index contributed by atoms with van der Waals surface area (Å²) >= 11 is 6.25. The normalized spacial score (nSPS) is 14.6. The third kappa shape index (κ3) is 3.09. The molecule has 0 aliphatic heterocycles. The number of para-hydroxylation sites is 1. The van der Waals surface area contributed by atoms with Gasteiger partial charge in [-0.05, 0) is 25.0 Å². The molecule has 5 nitrogen and oxygen atoms in total. The van der Waals surface area contributed by atoms with E-state index in [2.05, 4.69) is 15.0 Å². The standard InChI is InChI=1S/C18H19ClN4O/c1-22-9-12(8-20-22)10-23(14-5-6-14)11-13-7-17(24)15-3-2-4-16(19)18(15)21-13/h2-4,7-9,14H,5-6,10-11H2,1H3,(H,21,24). The molecule has 0 amide bonds.